The Morgan fingerprint density at radius 1 is 1.21 bits per heavy atom. The van der Waals surface area contributed by atoms with Crippen LogP contribution in [0.5, 0.6) is 5.75 Å². The largest absolute Gasteiger partial charge is 0.497 e. The summed E-state index contributed by atoms with van der Waals surface area (Å²) >= 11 is 0. The maximum atomic E-state index is 12.6. The molecule has 2 rings (SSSR count). The van der Waals surface area contributed by atoms with Gasteiger partial charge in [-0.15, -0.1) is 0 Å². The van der Waals surface area contributed by atoms with Crippen LogP contribution in [0.4, 0.5) is 0 Å². The Morgan fingerprint density at radius 2 is 1.79 bits per heavy atom. The number of hydrogen-bond donors (Lipinski definition) is 1. The van der Waals surface area contributed by atoms with Crippen molar-refractivity contribution in [2.24, 2.45) is 0 Å². The van der Waals surface area contributed by atoms with Gasteiger partial charge in [0.25, 0.3) is 5.91 Å². The first-order valence-electron chi connectivity index (χ1n) is 8.28. The molecule has 1 amide bonds. The molecular weight excluding hydrogens is 328 g/mol. The highest BCUT2D eigenvalue weighted by atomic mass is 32.2. The Hall–Kier alpha value is -1.60. The number of piperidine rings is 1. The van der Waals surface area contributed by atoms with E-state index in [1.807, 2.05) is 13.8 Å². The minimum atomic E-state index is -3.37. The quantitative estimate of drug-likeness (QED) is 0.848. The molecule has 6 nitrogen and oxygen atoms in total. The van der Waals surface area contributed by atoms with Crippen molar-refractivity contribution in [2.45, 2.75) is 45.2 Å². The first kappa shape index (κ1) is 18.7. The van der Waals surface area contributed by atoms with Crippen molar-refractivity contribution >= 4 is 15.9 Å². The summed E-state index contributed by atoms with van der Waals surface area (Å²) in [6, 6.07) is 6.74. The van der Waals surface area contributed by atoms with Crippen LogP contribution in [0.2, 0.25) is 0 Å². The molecule has 24 heavy (non-hydrogen) atoms. The fourth-order valence-corrected chi connectivity index (χ4v) is 5.07. The number of nitrogens with one attached hydrogen (secondary N) is 1. The van der Waals surface area contributed by atoms with Gasteiger partial charge >= 0.3 is 0 Å². The fourth-order valence-electron chi connectivity index (χ4n) is 3.19. The number of carbonyl (C=O) groups excluding carboxylic acids is 1. The van der Waals surface area contributed by atoms with E-state index in [0.29, 0.717) is 11.3 Å². The van der Waals surface area contributed by atoms with Crippen LogP contribution in [0.25, 0.3) is 0 Å². The summed E-state index contributed by atoms with van der Waals surface area (Å²) in [7, 11) is -1.81. The van der Waals surface area contributed by atoms with Crippen LogP contribution in [0.3, 0.4) is 0 Å². The van der Waals surface area contributed by atoms with E-state index < -0.39 is 10.0 Å². The van der Waals surface area contributed by atoms with E-state index in [-0.39, 0.29) is 30.3 Å². The zero-order chi connectivity index (χ0) is 17.7. The summed E-state index contributed by atoms with van der Waals surface area (Å²) in [4.78, 5) is 12.1. The van der Waals surface area contributed by atoms with Gasteiger partial charge < -0.3 is 10.1 Å². The third-order valence-corrected chi connectivity index (χ3v) is 6.51. The van der Waals surface area contributed by atoms with Crippen molar-refractivity contribution in [3.8, 4) is 5.75 Å². The van der Waals surface area contributed by atoms with E-state index in [4.69, 9.17) is 4.74 Å². The van der Waals surface area contributed by atoms with Crippen molar-refractivity contribution in [2.75, 3.05) is 19.4 Å². The van der Waals surface area contributed by atoms with Gasteiger partial charge in [-0.25, -0.2) is 8.42 Å². The maximum absolute atomic E-state index is 12.6. The topological polar surface area (TPSA) is 75.7 Å². The molecule has 7 heteroatoms. The van der Waals surface area contributed by atoms with Crippen molar-refractivity contribution < 1.29 is 17.9 Å². The standard InChI is InChI=1S/C17H26N2O4S/c1-13-5-4-6-14(2)19(13)24(21,22)12-11-18-17(20)15-7-9-16(23-3)10-8-15/h7-10,13-14H,4-6,11-12H2,1-3H3,(H,18,20)/t13-,14+. The zero-order valence-electron chi connectivity index (χ0n) is 14.5. The monoisotopic (exact) mass is 354 g/mol. The van der Waals surface area contributed by atoms with Crippen molar-refractivity contribution in [3.05, 3.63) is 29.8 Å². The van der Waals surface area contributed by atoms with Gasteiger partial charge in [-0.3, -0.25) is 4.79 Å². The highest BCUT2D eigenvalue weighted by Gasteiger charge is 2.34. The number of ether oxygens (including phenoxy) is 1. The molecule has 1 aliphatic heterocycles. The summed E-state index contributed by atoms with van der Waals surface area (Å²) in [6.45, 7) is 4.00. The molecule has 1 aliphatic rings. The zero-order valence-corrected chi connectivity index (χ0v) is 15.3. The number of rotatable bonds is 6. The molecule has 1 fully saturated rings. The fraction of sp³-hybridized carbons (Fsp3) is 0.588. The van der Waals surface area contributed by atoms with Crippen molar-refractivity contribution in [3.63, 3.8) is 0 Å². The SMILES string of the molecule is COc1ccc(C(=O)NCCS(=O)(=O)N2[C@H](C)CCC[C@@H]2C)cc1. The molecule has 0 spiro atoms. The molecular formula is C17H26N2O4S. The highest BCUT2D eigenvalue weighted by Crippen LogP contribution is 2.25. The van der Waals surface area contributed by atoms with Gasteiger partial charge in [-0.05, 0) is 51.0 Å². The molecule has 1 heterocycles. The first-order chi connectivity index (χ1) is 11.3. The van der Waals surface area contributed by atoms with Gasteiger partial charge in [0.05, 0.1) is 12.9 Å². The number of benzene rings is 1. The van der Waals surface area contributed by atoms with Crippen LogP contribution in [0, 0.1) is 0 Å². The van der Waals surface area contributed by atoms with Gasteiger partial charge in [0.15, 0.2) is 0 Å². The van der Waals surface area contributed by atoms with E-state index in [1.54, 1.807) is 35.7 Å². The Bertz CT molecular complexity index is 648. The summed E-state index contributed by atoms with van der Waals surface area (Å²) < 4.78 is 31.8. The third-order valence-electron chi connectivity index (χ3n) is 4.43. The van der Waals surface area contributed by atoms with E-state index in [1.165, 1.54) is 0 Å². The minimum Gasteiger partial charge on any atom is -0.497 e. The number of hydrogen-bond acceptors (Lipinski definition) is 4. The van der Waals surface area contributed by atoms with E-state index in [0.717, 1.165) is 19.3 Å². The Kier molecular flexibility index (Phi) is 6.23. The lowest BCUT2D eigenvalue weighted by Crippen LogP contribution is -2.49. The predicted molar refractivity (Wildman–Crippen MR) is 93.7 cm³/mol. The normalized spacial score (nSPS) is 22.1. The molecule has 0 unspecified atom stereocenters. The summed E-state index contributed by atoms with van der Waals surface area (Å²) in [5.41, 5.74) is 0.480. The van der Waals surface area contributed by atoms with Crippen LogP contribution in [0.15, 0.2) is 24.3 Å². The second-order valence-electron chi connectivity index (χ2n) is 6.26. The average molecular weight is 354 g/mol. The molecule has 0 aliphatic carbocycles. The maximum Gasteiger partial charge on any atom is 0.251 e. The van der Waals surface area contributed by atoms with Crippen LogP contribution in [-0.2, 0) is 10.0 Å². The lowest BCUT2D eigenvalue weighted by atomic mass is 10.0. The molecule has 1 aromatic rings. The molecule has 2 atom stereocenters. The van der Waals surface area contributed by atoms with E-state index in [2.05, 4.69) is 5.32 Å². The number of carbonyl (C=O) groups is 1. The summed E-state index contributed by atoms with van der Waals surface area (Å²) in [6.07, 6.45) is 2.84. The predicted octanol–water partition coefficient (Wildman–Crippen LogP) is 2.02. The number of methoxy groups -OCH3 is 1. The number of nitrogens with zero attached hydrogens (tertiary/aromatic N) is 1. The second-order valence-corrected chi connectivity index (χ2v) is 8.25. The van der Waals surface area contributed by atoms with E-state index in [9.17, 15) is 13.2 Å². The van der Waals surface area contributed by atoms with Gasteiger partial charge in [-0.2, -0.15) is 4.31 Å². The summed E-state index contributed by atoms with van der Waals surface area (Å²) in [5.74, 6) is 0.304. The number of amides is 1. The Labute approximate surface area is 144 Å². The van der Waals surface area contributed by atoms with Gasteiger partial charge in [-0.1, -0.05) is 6.42 Å². The highest BCUT2D eigenvalue weighted by molar-refractivity contribution is 7.89. The van der Waals surface area contributed by atoms with Crippen molar-refractivity contribution in [1.82, 2.24) is 9.62 Å². The van der Waals surface area contributed by atoms with Crippen LogP contribution in [-0.4, -0.2) is 50.1 Å². The minimum absolute atomic E-state index is 0.0241. The molecule has 1 aromatic carbocycles. The first-order valence-corrected chi connectivity index (χ1v) is 9.89. The molecule has 1 N–H and O–H groups in total. The number of sulfonamides is 1. The Balaban J connectivity index is 1.91. The molecule has 0 bridgehead atoms. The lowest BCUT2D eigenvalue weighted by Gasteiger charge is -2.37. The Morgan fingerprint density at radius 3 is 2.33 bits per heavy atom. The average Bonchev–Trinajstić information content (AvgIpc) is 2.54. The molecule has 134 valence electrons. The molecule has 0 saturated carbocycles. The van der Waals surface area contributed by atoms with Crippen molar-refractivity contribution in [1.29, 1.82) is 0 Å². The van der Waals surface area contributed by atoms with Gasteiger partial charge in [0, 0.05) is 24.2 Å². The smallest absolute Gasteiger partial charge is 0.251 e. The second kappa shape index (κ2) is 7.98. The van der Waals surface area contributed by atoms with Gasteiger partial charge in [0.1, 0.15) is 5.75 Å². The molecule has 0 radical (unpaired) electrons. The van der Waals surface area contributed by atoms with Crippen LogP contribution >= 0.6 is 0 Å². The summed E-state index contributed by atoms with van der Waals surface area (Å²) in [5, 5.41) is 2.68. The van der Waals surface area contributed by atoms with Crippen LogP contribution in [0.1, 0.15) is 43.5 Å². The molecule has 1 saturated heterocycles. The van der Waals surface area contributed by atoms with Crippen LogP contribution < -0.4 is 10.1 Å². The lowest BCUT2D eigenvalue weighted by molar-refractivity contribution is 0.0956. The third kappa shape index (κ3) is 4.48. The van der Waals surface area contributed by atoms with Gasteiger partial charge in [0.2, 0.25) is 10.0 Å². The molecule has 0 aromatic heterocycles. The van der Waals surface area contributed by atoms with E-state index >= 15 is 0 Å².